The van der Waals surface area contributed by atoms with E-state index >= 15 is 0 Å². The predicted molar refractivity (Wildman–Crippen MR) is 77.4 cm³/mol. The maximum absolute atomic E-state index is 4.91. The highest BCUT2D eigenvalue weighted by Gasteiger charge is 2.31. The molecule has 1 saturated heterocycles. The zero-order valence-electron chi connectivity index (χ0n) is 10.4. The fraction of sp³-hybridized carbons (Fsp3) is 0.769. The van der Waals surface area contributed by atoms with E-state index in [0.29, 0.717) is 6.04 Å². The Morgan fingerprint density at radius 1 is 1.35 bits per heavy atom. The van der Waals surface area contributed by atoms with E-state index in [1.807, 2.05) is 11.3 Å². The molecule has 2 aliphatic rings. The van der Waals surface area contributed by atoms with Crippen LogP contribution in [0.25, 0.3) is 0 Å². The van der Waals surface area contributed by atoms with Crippen molar-refractivity contribution in [3.05, 3.63) is 10.6 Å². The highest BCUT2D eigenvalue weighted by molar-refractivity contribution is 7.79. The molecule has 0 N–H and O–H groups in total. The van der Waals surface area contributed by atoms with Gasteiger partial charge in [0.1, 0.15) is 0 Å². The lowest BCUT2D eigenvalue weighted by Crippen LogP contribution is -2.37. The average molecular weight is 268 g/mol. The summed E-state index contributed by atoms with van der Waals surface area (Å²) in [6.45, 7) is 3.52. The topological polar surface area (TPSA) is 16.1 Å². The molecule has 2 fully saturated rings. The third-order valence-electron chi connectivity index (χ3n) is 3.87. The summed E-state index contributed by atoms with van der Waals surface area (Å²) in [4.78, 5) is 8.83. The van der Waals surface area contributed by atoms with Gasteiger partial charge in [0, 0.05) is 29.1 Å². The van der Waals surface area contributed by atoms with Crippen LogP contribution in [0, 0.1) is 0 Å². The lowest BCUT2D eigenvalue weighted by atomic mass is 10.1. The number of hydrogen-bond donors (Lipinski definition) is 1. The number of piperidine rings is 1. The molecular formula is C13H20N2S2. The van der Waals surface area contributed by atoms with Crippen molar-refractivity contribution in [1.29, 1.82) is 0 Å². The summed E-state index contributed by atoms with van der Waals surface area (Å²) in [6.07, 6.45) is 6.67. The second-order valence-corrected chi connectivity index (χ2v) is 6.65. The van der Waals surface area contributed by atoms with Crippen molar-refractivity contribution in [1.82, 2.24) is 4.98 Å². The monoisotopic (exact) mass is 268 g/mol. The number of hydrogen-bond acceptors (Lipinski definition) is 4. The van der Waals surface area contributed by atoms with Crippen LogP contribution in [0.4, 0.5) is 5.13 Å². The van der Waals surface area contributed by atoms with Crippen molar-refractivity contribution in [2.45, 2.75) is 56.7 Å². The third-order valence-corrected chi connectivity index (χ3v) is 5.51. The molecule has 0 aromatic carbocycles. The van der Waals surface area contributed by atoms with Crippen molar-refractivity contribution in [2.75, 3.05) is 11.4 Å². The first-order valence-corrected chi connectivity index (χ1v) is 8.11. The Kier molecular flexibility index (Phi) is 3.35. The van der Waals surface area contributed by atoms with E-state index in [1.165, 1.54) is 54.4 Å². The van der Waals surface area contributed by atoms with Crippen molar-refractivity contribution in [3.63, 3.8) is 0 Å². The van der Waals surface area contributed by atoms with Gasteiger partial charge in [-0.2, -0.15) is 12.6 Å². The molecule has 1 saturated carbocycles. The third kappa shape index (κ3) is 2.34. The molecule has 94 valence electrons. The number of aromatic nitrogens is 1. The number of thiazole rings is 1. The fourth-order valence-electron chi connectivity index (χ4n) is 2.64. The number of nitrogens with zero attached hydrogens (tertiary/aromatic N) is 2. The SMILES string of the molecule is CC1CCCCN1c1nc(C2CC2)c(CS)s1. The second-order valence-electron chi connectivity index (χ2n) is 5.28. The summed E-state index contributed by atoms with van der Waals surface area (Å²) in [6, 6.07) is 0.662. The molecule has 1 aliphatic heterocycles. The van der Waals surface area contributed by atoms with Crippen LogP contribution in [0.1, 0.15) is 55.5 Å². The molecule has 0 spiro atoms. The summed E-state index contributed by atoms with van der Waals surface area (Å²) in [5, 5.41) is 1.25. The zero-order valence-corrected chi connectivity index (χ0v) is 12.1. The minimum atomic E-state index is 0.662. The Bertz CT molecular complexity index is 398. The molecular weight excluding hydrogens is 248 g/mol. The van der Waals surface area contributed by atoms with Crippen LogP contribution in [0.15, 0.2) is 0 Å². The van der Waals surface area contributed by atoms with Gasteiger partial charge in [0.05, 0.1) is 5.69 Å². The molecule has 0 bridgehead atoms. The van der Waals surface area contributed by atoms with E-state index < -0.39 is 0 Å². The lowest BCUT2D eigenvalue weighted by Gasteiger charge is -2.33. The summed E-state index contributed by atoms with van der Waals surface area (Å²) < 4.78 is 0. The molecule has 1 aliphatic carbocycles. The maximum atomic E-state index is 4.91. The molecule has 0 radical (unpaired) electrons. The molecule has 2 nitrogen and oxygen atoms in total. The molecule has 0 amide bonds. The first kappa shape index (κ1) is 11.8. The van der Waals surface area contributed by atoms with E-state index in [0.717, 1.165) is 11.7 Å². The van der Waals surface area contributed by atoms with Crippen LogP contribution in [0.5, 0.6) is 0 Å². The normalized spacial score (nSPS) is 25.3. The van der Waals surface area contributed by atoms with E-state index in [1.54, 1.807) is 0 Å². The summed E-state index contributed by atoms with van der Waals surface area (Å²) >= 11 is 6.33. The first-order chi connectivity index (χ1) is 8.29. The van der Waals surface area contributed by atoms with Crippen molar-refractivity contribution in [2.24, 2.45) is 0 Å². The molecule has 1 atom stereocenters. The van der Waals surface area contributed by atoms with Crippen LogP contribution in [0.2, 0.25) is 0 Å². The first-order valence-electron chi connectivity index (χ1n) is 6.66. The van der Waals surface area contributed by atoms with E-state index in [2.05, 4.69) is 24.5 Å². The standard InChI is InChI=1S/C13H20N2S2/c1-9-4-2-3-7-15(9)13-14-12(10-5-6-10)11(8-16)17-13/h9-10,16H,2-8H2,1H3. The van der Waals surface area contributed by atoms with Gasteiger partial charge in [-0.05, 0) is 39.0 Å². The summed E-state index contributed by atoms with van der Waals surface area (Å²) in [7, 11) is 0. The van der Waals surface area contributed by atoms with Crippen LogP contribution in [0.3, 0.4) is 0 Å². The smallest absolute Gasteiger partial charge is 0.186 e. The van der Waals surface area contributed by atoms with Gasteiger partial charge in [-0.15, -0.1) is 11.3 Å². The van der Waals surface area contributed by atoms with Gasteiger partial charge in [0.15, 0.2) is 5.13 Å². The summed E-state index contributed by atoms with van der Waals surface area (Å²) in [5.41, 5.74) is 1.36. The van der Waals surface area contributed by atoms with Gasteiger partial charge >= 0.3 is 0 Å². The van der Waals surface area contributed by atoms with Crippen LogP contribution in [-0.2, 0) is 5.75 Å². The Morgan fingerprint density at radius 2 is 2.18 bits per heavy atom. The highest BCUT2D eigenvalue weighted by Crippen LogP contribution is 2.45. The number of anilines is 1. The van der Waals surface area contributed by atoms with Gasteiger partial charge in [-0.25, -0.2) is 4.98 Å². The molecule has 1 aromatic heterocycles. The molecule has 3 rings (SSSR count). The average Bonchev–Trinajstić information content (AvgIpc) is 3.10. The molecule has 1 aromatic rings. The van der Waals surface area contributed by atoms with E-state index in [4.69, 9.17) is 4.98 Å². The predicted octanol–water partition coefficient (Wildman–Crippen LogP) is 3.83. The second kappa shape index (κ2) is 4.81. The minimum Gasteiger partial charge on any atom is -0.345 e. The maximum Gasteiger partial charge on any atom is 0.186 e. The zero-order chi connectivity index (χ0) is 11.8. The quantitative estimate of drug-likeness (QED) is 0.839. The number of rotatable bonds is 3. The number of thiol groups is 1. The van der Waals surface area contributed by atoms with Gasteiger partial charge in [0.25, 0.3) is 0 Å². The van der Waals surface area contributed by atoms with Crippen LogP contribution >= 0.6 is 24.0 Å². The van der Waals surface area contributed by atoms with Crippen molar-refractivity contribution < 1.29 is 0 Å². The molecule has 4 heteroatoms. The lowest BCUT2D eigenvalue weighted by molar-refractivity contribution is 0.484. The van der Waals surface area contributed by atoms with Gasteiger partial charge in [-0.1, -0.05) is 0 Å². The highest BCUT2D eigenvalue weighted by atomic mass is 32.1. The minimum absolute atomic E-state index is 0.662. The molecule has 1 unspecified atom stereocenters. The van der Waals surface area contributed by atoms with Gasteiger partial charge < -0.3 is 4.90 Å². The van der Waals surface area contributed by atoms with Crippen molar-refractivity contribution >= 4 is 29.1 Å². The Balaban J connectivity index is 1.86. The van der Waals surface area contributed by atoms with Crippen LogP contribution in [-0.4, -0.2) is 17.6 Å². The van der Waals surface area contributed by atoms with E-state index in [9.17, 15) is 0 Å². The summed E-state index contributed by atoms with van der Waals surface area (Å²) in [5.74, 6) is 1.60. The fourth-order valence-corrected chi connectivity index (χ4v) is 4.13. The molecule has 17 heavy (non-hydrogen) atoms. The van der Waals surface area contributed by atoms with E-state index in [-0.39, 0.29) is 0 Å². The largest absolute Gasteiger partial charge is 0.345 e. The van der Waals surface area contributed by atoms with Gasteiger partial charge in [-0.3, -0.25) is 0 Å². The Hall–Kier alpha value is -0.220. The Morgan fingerprint density at radius 3 is 2.82 bits per heavy atom. The molecule has 2 heterocycles. The van der Waals surface area contributed by atoms with Gasteiger partial charge in [0.2, 0.25) is 0 Å². The van der Waals surface area contributed by atoms with Crippen molar-refractivity contribution in [3.8, 4) is 0 Å². The van der Waals surface area contributed by atoms with Crippen LogP contribution < -0.4 is 4.90 Å². The Labute approximate surface area is 113 Å².